The van der Waals surface area contributed by atoms with Crippen LogP contribution in [0, 0.1) is 0 Å². The quantitative estimate of drug-likeness (QED) is 0.472. The second kappa shape index (κ2) is 9.73. The molecule has 1 amide bonds. The van der Waals surface area contributed by atoms with Gasteiger partial charge in [0.15, 0.2) is 0 Å². The summed E-state index contributed by atoms with van der Waals surface area (Å²) >= 11 is 0. The van der Waals surface area contributed by atoms with Crippen LogP contribution in [-0.4, -0.2) is 45.8 Å². The van der Waals surface area contributed by atoms with Gasteiger partial charge in [-0.25, -0.2) is 0 Å². The van der Waals surface area contributed by atoms with Crippen molar-refractivity contribution in [2.45, 2.75) is 38.4 Å². The first kappa shape index (κ1) is 24.8. The number of aromatic nitrogens is 2. The SMILES string of the molecule is Cn1nccc1-c1cc(NC(=O)c2ccc(C(F)(F)F)cc2)ccc1OCC(C)(C)N1CCCC1. The van der Waals surface area contributed by atoms with Crippen LogP contribution in [0.2, 0.25) is 0 Å². The number of ether oxygens (including phenoxy) is 1. The number of amides is 1. The number of rotatable bonds is 7. The number of benzene rings is 2. The number of nitrogens with one attached hydrogen (secondary N) is 1. The Bertz CT molecular complexity index is 1180. The lowest BCUT2D eigenvalue weighted by atomic mass is 10.0. The first-order chi connectivity index (χ1) is 16.5. The topological polar surface area (TPSA) is 59.4 Å². The molecule has 0 unspecified atom stereocenters. The number of hydrogen-bond acceptors (Lipinski definition) is 4. The molecular weight excluding hydrogens is 457 g/mol. The Balaban J connectivity index is 1.55. The van der Waals surface area contributed by atoms with Crippen LogP contribution in [0.1, 0.15) is 42.6 Å². The van der Waals surface area contributed by atoms with E-state index in [1.54, 1.807) is 29.1 Å². The molecule has 1 aliphatic heterocycles. The van der Waals surface area contributed by atoms with E-state index in [0.29, 0.717) is 18.0 Å². The number of anilines is 1. The van der Waals surface area contributed by atoms with Crippen molar-refractivity contribution >= 4 is 11.6 Å². The van der Waals surface area contributed by atoms with Crippen molar-refractivity contribution in [2.75, 3.05) is 25.0 Å². The third-order valence-electron chi connectivity index (χ3n) is 6.35. The van der Waals surface area contributed by atoms with E-state index in [1.165, 1.54) is 12.8 Å². The molecule has 1 aliphatic rings. The maximum atomic E-state index is 12.8. The summed E-state index contributed by atoms with van der Waals surface area (Å²) in [5, 5.41) is 7.01. The van der Waals surface area contributed by atoms with Gasteiger partial charge in [0.05, 0.1) is 11.3 Å². The molecule has 35 heavy (non-hydrogen) atoms. The number of carbonyl (C=O) groups excluding carboxylic acids is 1. The van der Waals surface area contributed by atoms with Crippen LogP contribution in [0.3, 0.4) is 0 Å². The van der Waals surface area contributed by atoms with Crippen LogP contribution in [-0.2, 0) is 13.2 Å². The Hall–Kier alpha value is -3.33. The third kappa shape index (κ3) is 5.67. The van der Waals surface area contributed by atoms with Gasteiger partial charge >= 0.3 is 6.18 Å². The van der Waals surface area contributed by atoms with E-state index >= 15 is 0 Å². The number of alkyl halides is 3. The van der Waals surface area contributed by atoms with Crippen LogP contribution in [0.4, 0.5) is 18.9 Å². The van der Waals surface area contributed by atoms with E-state index in [2.05, 4.69) is 29.2 Å². The van der Waals surface area contributed by atoms with Crippen molar-refractivity contribution in [2.24, 2.45) is 7.05 Å². The molecule has 1 aromatic heterocycles. The smallest absolute Gasteiger partial charge is 0.416 e. The van der Waals surface area contributed by atoms with Crippen LogP contribution in [0.5, 0.6) is 5.75 Å². The second-order valence-electron chi connectivity index (χ2n) is 9.38. The van der Waals surface area contributed by atoms with Gasteiger partial charge in [-0.05, 0) is 88.3 Å². The van der Waals surface area contributed by atoms with Crippen molar-refractivity contribution in [3.05, 3.63) is 65.9 Å². The Morgan fingerprint density at radius 1 is 1.06 bits per heavy atom. The fourth-order valence-electron chi connectivity index (χ4n) is 4.25. The molecule has 0 spiro atoms. The molecule has 0 saturated carbocycles. The lowest BCUT2D eigenvalue weighted by molar-refractivity contribution is -0.137. The summed E-state index contributed by atoms with van der Waals surface area (Å²) in [6.45, 7) is 6.94. The average molecular weight is 487 g/mol. The predicted octanol–water partition coefficient (Wildman–Crippen LogP) is 5.61. The zero-order valence-corrected chi connectivity index (χ0v) is 20.0. The number of carbonyl (C=O) groups is 1. The zero-order chi connectivity index (χ0) is 25.2. The first-order valence-electron chi connectivity index (χ1n) is 11.5. The summed E-state index contributed by atoms with van der Waals surface area (Å²) in [6, 6.07) is 11.3. The van der Waals surface area contributed by atoms with Gasteiger partial charge in [0.1, 0.15) is 12.4 Å². The molecule has 0 bridgehead atoms. The number of aryl methyl sites for hydroxylation is 1. The van der Waals surface area contributed by atoms with Gasteiger partial charge in [-0.1, -0.05) is 0 Å². The van der Waals surface area contributed by atoms with E-state index in [1.807, 2.05) is 13.1 Å². The van der Waals surface area contributed by atoms with Crippen LogP contribution < -0.4 is 10.1 Å². The maximum absolute atomic E-state index is 12.8. The van der Waals surface area contributed by atoms with Crippen molar-refractivity contribution in [3.8, 4) is 17.0 Å². The molecule has 3 aromatic rings. The second-order valence-corrected chi connectivity index (χ2v) is 9.38. The Morgan fingerprint density at radius 3 is 2.34 bits per heavy atom. The highest BCUT2D eigenvalue weighted by molar-refractivity contribution is 6.04. The highest BCUT2D eigenvalue weighted by Crippen LogP contribution is 2.34. The highest BCUT2D eigenvalue weighted by Gasteiger charge is 2.31. The van der Waals surface area contributed by atoms with Gasteiger partial charge in [0, 0.05) is 35.6 Å². The molecule has 186 valence electrons. The average Bonchev–Trinajstić information content (AvgIpc) is 3.50. The van der Waals surface area contributed by atoms with Gasteiger partial charge < -0.3 is 10.1 Å². The monoisotopic (exact) mass is 486 g/mol. The van der Waals surface area contributed by atoms with Crippen molar-refractivity contribution in [1.29, 1.82) is 0 Å². The predicted molar refractivity (Wildman–Crippen MR) is 128 cm³/mol. The molecule has 1 fully saturated rings. The summed E-state index contributed by atoms with van der Waals surface area (Å²) in [6.07, 6.45) is -0.388. The van der Waals surface area contributed by atoms with Gasteiger partial charge in [-0.2, -0.15) is 18.3 Å². The molecule has 4 rings (SSSR count). The van der Waals surface area contributed by atoms with Gasteiger partial charge in [0.25, 0.3) is 5.91 Å². The minimum atomic E-state index is -4.45. The lowest BCUT2D eigenvalue weighted by Gasteiger charge is -2.35. The van der Waals surface area contributed by atoms with Crippen LogP contribution in [0.25, 0.3) is 11.3 Å². The molecular formula is C26H29F3N4O2. The third-order valence-corrected chi connectivity index (χ3v) is 6.35. The summed E-state index contributed by atoms with van der Waals surface area (Å²) < 4.78 is 46.5. The van der Waals surface area contributed by atoms with Crippen LogP contribution >= 0.6 is 0 Å². The Morgan fingerprint density at radius 2 is 1.74 bits per heavy atom. The minimum Gasteiger partial charge on any atom is -0.491 e. The fourth-order valence-corrected chi connectivity index (χ4v) is 4.25. The highest BCUT2D eigenvalue weighted by atomic mass is 19.4. The van der Waals surface area contributed by atoms with E-state index in [4.69, 9.17) is 4.74 Å². The van der Waals surface area contributed by atoms with E-state index in [0.717, 1.165) is 48.6 Å². The van der Waals surface area contributed by atoms with Crippen molar-refractivity contribution in [1.82, 2.24) is 14.7 Å². The standard InChI is InChI=1S/C26H29F3N4O2/c1-25(2,33-14-4-5-15-33)17-35-23-11-10-20(16-21(23)22-12-13-30-32(22)3)31-24(34)18-6-8-19(9-7-18)26(27,28)29/h6-13,16H,4-5,14-15,17H2,1-3H3,(H,31,34). The summed E-state index contributed by atoms with van der Waals surface area (Å²) in [5.74, 6) is 0.159. The van der Waals surface area contributed by atoms with Crippen molar-refractivity contribution < 1.29 is 22.7 Å². The molecule has 0 aliphatic carbocycles. The molecule has 2 heterocycles. The van der Waals surface area contributed by atoms with E-state index in [-0.39, 0.29) is 11.1 Å². The summed E-state index contributed by atoms with van der Waals surface area (Å²) in [5.41, 5.74) is 1.27. The molecule has 1 N–H and O–H groups in total. The largest absolute Gasteiger partial charge is 0.491 e. The minimum absolute atomic E-state index is 0.129. The van der Waals surface area contributed by atoms with E-state index < -0.39 is 17.6 Å². The molecule has 0 radical (unpaired) electrons. The summed E-state index contributed by atoms with van der Waals surface area (Å²) in [7, 11) is 1.82. The fraction of sp³-hybridized carbons (Fsp3) is 0.385. The zero-order valence-electron chi connectivity index (χ0n) is 20.0. The van der Waals surface area contributed by atoms with Gasteiger partial charge in [0.2, 0.25) is 0 Å². The molecule has 0 atom stereocenters. The first-order valence-corrected chi connectivity index (χ1v) is 11.5. The number of likely N-dealkylation sites (tertiary alicyclic amines) is 1. The number of nitrogens with zero attached hydrogens (tertiary/aromatic N) is 3. The molecule has 6 nitrogen and oxygen atoms in total. The van der Waals surface area contributed by atoms with Gasteiger partial charge in [-0.3, -0.25) is 14.4 Å². The van der Waals surface area contributed by atoms with Crippen LogP contribution in [0.15, 0.2) is 54.7 Å². The van der Waals surface area contributed by atoms with Gasteiger partial charge in [-0.15, -0.1) is 0 Å². The Kier molecular flexibility index (Phi) is 6.89. The maximum Gasteiger partial charge on any atom is 0.416 e. The van der Waals surface area contributed by atoms with Crippen molar-refractivity contribution in [3.63, 3.8) is 0 Å². The number of halogens is 3. The molecule has 1 saturated heterocycles. The summed E-state index contributed by atoms with van der Waals surface area (Å²) in [4.78, 5) is 15.1. The molecule has 9 heteroatoms. The normalized spacial score (nSPS) is 14.8. The van der Waals surface area contributed by atoms with E-state index in [9.17, 15) is 18.0 Å². The molecule has 2 aromatic carbocycles. The Labute approximate surface area is 202 Å². The lowest BCUT2D eigenvalue weighted by Crippen LogP contribution is -2.46. The number of hydrogen-bond donors (Lipinski definition) is 1.